The Labute approximate surface area is 187 Å². The number of amides is 2. The zero-order chi connectivity index (χ0) is 22.2. The van der Waals surface area contributed by atoms with Crippen LogP contribution in [0.2, 0.25) is 10.0 Å². The summed E-state index contributed by atoms with van der Waals surface area (Å²) in [7, 11) is -3.86. The Bertz CT molecular complexity index is 1400. The van der Waals surface area contributed by atoms with Gasteiger partial charge >= 0.3 is 6.03 Å². The number of para-hydroxylation sites is 1. The average Bonchev–Trinajstić information content (AvgIpc) is 3.13. The molecule has 0 aliphatic rings. The second-order valence-electron chi connectivity index (χ2n) is 6.58. The second kappa shape index (κ2) is 8.20. The van der Waals surface area contributed by atoms with Crippen LogP contribution >= 0.6 is 23.2 Å². The topological polar surface area (TPSA) is 130 Å². The van der Waals surface area contributed by atoms with Crippen molar-refractivity contribution in [3.05, 3.63) is 70.7 Å². The molecule has 1 aromatic heterocycles. The predicted octanol–water partition coefficient (Wildman–Crippen LogP) is 4.83. The normalized spacial score (nSPS) is 11.5. The smallest absolute Gasteiger partial charge is 0.308 e. The quantitative estimate of drug-likeness (QED) is 0.336. The van der Waals surface area contributed by atoms with Gasteiger partial charge in [-0.1, -0.05) is 41.4 Å². The molecule has 11 heteroatoms. The van der Waals surface area contributed by atoms with Gasteiger partial charge in [0.15, 0.2) is 0 Å². The lowest BCUT2D eigenvalue weighted by Crippen LogP contribution is -2.19. The van der Waals surface area contributed by atoms with Crippen LogP contribution in [0, 0.1) is 0 Å². The Hall–Kier alpha value is -3.11. The number of H-pyrrole nitrogens is 1. The van der Waals surface area contributed by atoms with Crippen molar-refractivity contribution in [1.82, 2.24) is 10.2 Å². The molecule has 0 atom stereocenters. The van der Waals surface area contributed by atoms with E-state index in [1.807, 2.05) is 0 Å². The highest BCUT2D eigenvalue weighted by Gasteiger charge is 2.14. The molecule has 158 valence electrons. The number of nitrogens with one attached hydrogen (secondary N) is 3. The third-order valence-corrected chi connectivity index (χ3v) is 6.00. The fourth-order valence-corrected chi connectivity index (χ4v) is 4.08. The number of urea groups is 1. The molecule has 31 heavy (non-hydrogen) atoms. The second-order valence-corrected chi connectivity index (χ2v) is 8.96. The summed E-state index contributed by atoms with van der Waals surface area (Å²) in [6.07, 6.45) is 0. The number of benzene rings is 3. The minimum atomic E-state index is -3.86. The molecule has 0 saturated carbocycles. The van der Waals surface area contributed by atoms with Gasteiger partial charge in [-0.3, -0.25) is 5.10 Å². The number of halogens is 2. The number of anilines is 2. The first-order valence-corrected chi connectivity index (χ1v) is 11.2. The zero-order valence-electron chi connectivity index (χ0n) is 15.7. The van der Waals surface area contributed by atoms with Gasteiger partial charge in [-0.25, -0.2) is 18.4 Å². The van der Waals surface area contributed by atoms with Gasteiger partial charge in [-0.05, 0) is 42.5 Å². The number of carbonyl (C=O) groups is 1. The molecule has 5 N–H and O–H groups in total. The van der Waals surface area contributed by atoms with Crippen molar-refractivity contribution < 1.29 is 13.2 Å². The summed E-state index contributed by atoms with van der Waals surface area (Å²) < 4.78 is 23.3. The number of carbonyl (C=O) groups excluding carboxylic acids is 1. The van der Waals surface area contributed by atoms with Crippen LogP contribution in [-0.4, -0.2) is 24.6 Å². The molecule has 8 nitrogen and oxygen atoms in total. The molecular formula is C20H15Cl2N5O3S. The Morgan fingerprint density at radius 2 is 1.68 bits per heavy atom. The Kier molecular flexibility index (Phi) is 5.59. The SMILES string of the molecule is NS(=O)(=O)c1cccc(-c2n[nH]c3ccc(NC(=O)Nc4c(Cl)cccc4Cl)cc23)c1. The molecule has 0 radical (unpaired) electrons. The van der Waals surface area contributed by atoms with Gasteiger partial charge in [-0.15, -0.1) is 0 Å². The Morgan fingerprint density at radius 3 is 2.39 bits per heavy atom. The van der Waals surface area contributed by atoms with Crippen molar-refractivity contribution in [2.24, 2.45) is 5.14 Å². The van der Waals surface area contributed by atoms with E-state index in [9.17, 15) is 13.2 Å². The van der Waals surface area contributed by atoms with Crippen LogP contribution in [0.1, 0.15) is 0 Å². The van der Waals surface area contributed by atoms with E-state index >= 15 is 0 Å². The van der Waals surface area contributed by atoms with Crippen molar-refractivity contribution in [3.8, 4) is 11.3 Å². The van der Waals surface area contributed by atoms with E-state index in [4.69, 9.17) is 28.3 Å². The molecular weight excluding hydrogens is 461 g/mol. The van der Waals surface area contributed by atoms with Crippen LogP contribution in [0.15, 0.2) is 65.6 Å². The first kappa shape index (κ1) is 21.1. The lowest BCUT2D eigenvalue weighted by atomic mass is 10.1. The standard InChI is InChI=1S/C20H15Cl2N5O3S/c21-15-5-2-6-16(22)19(15)25-20(28)24-12-7-8-17-14(10-12)18(27-26-17)11-3-1-4-13(9-11)31(23,29)30/h1-10H,(H,26,27)(H2,23,29,30)(H2,24,25,28). The van der Waals surface area contributed by atoms with Gasteiger partial charge in [0.05, 0.1) is 26.1 Å². The molecule has 4 aromatic rings. The van der Waals surface area contributed by atoms with Crippen LogP contribution < -0.4 is 15.8 Å². The monoisotopic (exact) mass is 475 g/mol. The van der Waals surface area contributed by atoms with E-state index in [2.05, 4.69) is 20.8 Å². The molecule has 0 saturated heterocycles. The number of hydrogen-bond acceptors (Lipinski definition) is 4. The molecule has 1 heterocycles. The predicted molar refractivity (Wildman–Crippen MR) is 122 cm³/mol. The van der Waals surface area contributed by atoms with E-state index in [-0.39, 0.29) is 4.90 Å². The van der Waals surface area contributed by atoms with E-state index < -0.39 is 16.1 Å². The van der Waals surface area contributed by atoms with E-state index in [1.165, 1.54) is 12.1 Å². The maximum absolute atomic E-state index is 12.4. The third-order valence-electron chi connectivity index (χ3n) is 4.46. The molecule has 0 aliphatic carbocycles. The molecule has 0 bridgehead atoms. The molecule has 0 unspecified atom stereocenters. The lowest BCUT2D eigenvalue weighted by molar-refractivity contribution is 0.262. The summed E-state index contributed by atoms with van der Waals surface area (Å²) in [6.45, 7) is 0. The van der Waals surface area contributed by atoms with E-state index in [0.29, 0.717) is 43.6 Å². The highest BCUT2D eigenvalue weighted by Crippen LogP contribution is 2.31. The molecule has 4 rings (SSSR count). The van der Waals surface area contributed by atoms with Gasteiger partial charge in [0, 0.05) is 16.6 Å². The third kappa shape index (κ3) is 4.49. The minimum Gasteiger partial charge on any atom is -0.308 e. The molecule has 3 aromatic carbocycles. The maximum atomic E-state index is 12.4. The fourth-order valence-electron chi connectivity index (χ4n) is 3.03. The Balaban J connectivity index is 1.64. The minimum absolute atomic E-state index is 0.0218. The van der Waals surface area contributed by atoms with E-state index in [0.717, 1.165) is 0 Å². The van der Waals surface area contributed by atoms with Gasteiger partial charge in [-0.2, -0.15) is 5.10 Å². The number of rotatable bonds is 4. The van der Waals surface area contributed by atoms with Crippen LogP contribution in [0.4, 0.5) is 16.2 Å². The van der Waals surface area contributed by atoms with Crippen LogP contribution in [-0.2, 0) is 10.0 Å². The molecule has 0 spiro atoms. The summed E-state index contributed by atoms with van der Waals surface area (Å²) in [5.74, 6) is 0. The Morgan fingerprint density at radius 1 is 0.968 bits per heavy atom. The highest BCUT2D eigenvalue weighted by atomic mass is 35.5. The van der Waals surface area contributed by atoms with Crippen molar-refractivity contribution in [2.75, 3.05) is 10.6 Å². The van der Waals surface area contributed by atoms with Gasteiger partial charge < -0.3 is 10.6 Å². The molecule has 0 aliphatic heterocycles. The summed E-state index contributed by atoms with van der Waals surface area (Å²) >= 11 is 12.2. The van der Waals surface area contributed by atoms with Gasteiger partial charge in [0.2, 0.25) is 10.0 Å². The molecule has 2 amide bonds. The first-order chi connectivity index (χ1) is 14.7. The lowest BCUT2D eigenvalue weighted by Gasteiger charge is -2.10. The highest BCUT2D eigenvalue weighted by molar-refractivity contribution is 7.89. The summed E-state index contributed by atoms with van der Waals surface area (Å²) in [5.41, 5.74) is 2.56. The number of hydrogen-bond donors (Lipinski definition) is 4. The largest absolute Gasteiger partial charge is 0.323 e. The maximum Gasteiger partial charge on any atom is 0.323 e. The zero-order valence-corrected chi connectivity index (χ0v) is 18.0. The first-order valence-electron chi connectivity index (χ1n) is 8.86. The van der Waals surface area contributed by atoms with Crippen LogP contribution in [0.3, 0.4) is 0 Å². The van der Waals surface area contributed by atoms with Crippen LogP contribution in [0.25, 0.3) is 22.2 Å². The van der Waals surface area contributed by atoms with Crippen molar-refractivity contribution in [1.29, 1.82) is 0 Å². The fraction of sp³-hybridized carbons (Fsp3) is 0. The van der Waals surface area contributed by atoms with Gasteiger partial charge in [0.1, 0.15) is 5.69 Å². The summed E-state index contributed by atoms with van der Waals surface area (Å²) in [6, 6.07) is 15.7. The van der Waals surface area contributed by atoms with Crippen molar-refractivity contribution >= 4 is 61.5 Å². The number of aromatic nitrogens is 2. The number of aromatic amines is 1. The number of fused-ring (bicyclic) bond motifs is 1. The molecule has 0 fully saturated rings. The van der Waals surface area contributed by atoms with Crippen molar-refractivity contribution in [3.63, 3.8) is 0 Å². The number of primary sulfonamides is 1. The van der Waals surface area contributed by atoms with Crippen molar-refractivity contribution in [2.45, 2.75) is 4.90 Å². The van der Waals surface area contributed by atoms with E-state index in [1.54, 1.807) is 48.5 Å². The van der Waals surface area contributed by atoms with Crippen LogP contribution in [0.5, 0.6) is 0 Å². The summed E-state index contributed by atoms with van der Waals surface area (Å²) in [4.78, 5) is 12.4. The number of nitrogens with two attached hydrogens (primary N) is 1. The average molecular weight is 476 g/mol. The number of nitrogens with zero attached hydrogens (tertiary/aromatic N) is 1. The van der Waals surface area contributed by atoms with Gasteiger partial charge in [0.25, 0.3) is 0 Å². The number of sulfonamides is 1. The summed E-state index contributed by atoms with van der Waals surface area (Å²) in [5, 5.41) is 19.0.